The molecule has 0 aliphatic heterocycles. The maximum atomic E-state index is 11.8. The van der Waals surface area contributed by atoms with Gasteiger partial charge in [0.1, 0.15) is 0 Å². The first-order valence-corrected chi connectivity index (χ1v) is 7.79. The minimum Gasteiger partial charge on any atom is -0.395 e. The number of nitrogens with one attached hydrogen (secondary N) is 1. The monoisotopic (exact) mass is 279 g/mol. The SMILES string of the molecule is Cc1cc(C#CCCO)ccc1NS(=O)(=O)C1CC1. The van der Waals surface area contributed by atoms with Gasteiger partial charge in [0.2, 0.25) is 10.0 Å². The number of aryl methyl sites for hydroxylation is 1. The zero-order valence-electron chi connectivity index (χ0n) is 10.8. The lowest BCUT2D eigenvalue weighted by Crippen LogP contribution is -2.17. The van der Waals surface area contributed by atoms with Crippen molar-refractivity contribution in [3.05, 3.63) is 29.3 Å². The molecule has 2 N–H and O–H groups in total. The number of benzene rings is 1. The molecule has 0 radical (unpaired) electrons. The first-order valence-electron chi connectivity index (χ1n) is 6.25. The molecule has 0 heterocycles. The lowest BCUT2D eigenvalue weighted by atomic mass is 10.1. The van der Waals surface area contributed by atoms with Gasteiger partial charge in [0.15, 0.2) is 0 Å². The van der Waals surface area contributed by atoms with E-state index >= 15 is 0 Å². The van der Waals surface area contributed by atoms with Gasteiger partial charge >= 0.3 is 0 Å². The average Bonchev–Trinajstić information content (AvgIpc) is 3.17. The van der Waals surface area contributed by atoms with Gasteiger partial charge in [0.05, 0.1) is 17.5 Å². The second kappa shape index (κ2) is 5.64. The molecular weight excluding hydrogens is 262 g/mol. The van der Waals surface area contributed by atoms with Crippen LogP contribution >= 0.6 is 0 Å². The van der Waals surface area contributed by atoms with Gasteiger partial charge in [-0.25, -0.2) is 8.42 Å². The Labute approximate surface area is 113 Å². The highest BCUT2D eigenvalue weighted by molar-refractivity contribution is 7.93. The molecule has 4 nitrogen and oxygen atoms in total. The third-order valence-electron chi connectivity index (χ3n) is 2.91. The van der Waals surface area contributed by atoms with Crippen LogP contribution in [0, 0.1) is 18.8 Å². The predicted octanol–water partition coefficient (Wildman–Crippen LogP) is 1.63. The van der Waals surface area contributed by atoms with E-state index in [0.717, 1.165) is 24.0 Å². The van der Waals surface area contributed by atoms with Gasteiger partial charge in [-0.05, 0) is 43.5 Å². The molecule has 1 aliphatic rings. The maximum absolute atomic E-state index is 11.8. The fraction of sp³-hybridized carbons (Fsp3) is 0.429. The number of hydrogen-bond acceptors (Lipinski definition) is 3. The predicted molar refractivity (Wildman–Crippen MR) is 75.3 cm³/mol. The van der Waals surface area contributed by atoms with Crippen molar-refractivity contribution in [1.29, 1.82) is 0 Å². The molecule has 0 spiro atoms. The van der Waals surface area contributed by atoms with E-state index in [-0.39, 0.29) is 11.9 Å². The fourth-order valence-electron chi connectivity index (χ4n) is 1.69. The molecule has 19 heavy (non-hydrogen) atoms. The van der Waals surface area contributed by atoms with Gasteiger partial charge in [-0.15, -0.1) is 0 Å². The van der Waals surface area contributed by atoms with Crippen LogP contribution in [0.15, 0.2) is 18.2 Å². The van der Waals surface area contributed by atoms with Crippen molar-refractivity contribution in [3.8, 4) is 11.8 Å². The molecule has 0 aromatic heterocycles. The molecule has 5 heteroatoms. The summed E-state index contributed by atoms with van der Waals surface area (Å²) in [7, 11) is -3.22. The Hall–Kier alpha value is -1.51. The van der Waals surface area contributed by atoms with Crippen molar-refractivity contribution in [2.75, 3.05) is 11.3 Å². The van der Waals surface area contributed by atoms with Gasteiger partial charge in [0.25, 0.3) is 0 Å². The molecule has 1 aliphatic carbocycles. The number of aliphatic hydroxyl groups is 1. The number of sulfonamides is 1. The summed E-state index contributed by atoms with van der Waals surface area (Å²) in [5.74, 6) is 5.76. The summed E-state index contributed by atoms with van der Waals surface area (Å²) >= 11 is 0. The molecule has 1 aromatic rings. The molecule has 0 unspecified atom stereocenters. The van der Waals surface area contributed by atoms with Crippen LogP contribution in [0.5, 0.6) is 0 Å². The molecule has 1 aromatic carbocycles. The Bertz CT molecular complexity index is 622. The van der Waals surface area contributed by atoms with Crippen LogP contribution in [0.1, 0.15) is 30.4 Å². The quantitative estimate of drug-likeness (QED) is 0.823. The molecule has 1 saturated carbocycles. The van der Waals surface area contributed by atoms with Gasteiger partial charge in [-0.1, -0.05) is 11.8 Å². The van der Waals surface area contributed by atoms with E-state index < -0.39 is 10.0 Å². The summed E-state index contributed by atoms with van der Waals surface area (Å²) in [5.41, 5.74) is 2.28. The molecule has 1 fully saturated rings. The van der Waals surface area contributed by atoms with Crippen LogP contribution in [0.2, 0.25) is 0 Å². The first kappa shape index (κ1) is 13.9. The van der Waals surface area contributed by atoms with E-state index in [1.807, 2.05) is 13.0 Å². The zero-order valence-corrected chi connectivity index (χ0v) is 11.6. The van der Waals surface area contributed by atoms with Crippen LogP contribution in [-0.2, 0) is 10.0 Å². The summed E-state index contributed by atoms with van der Waals surface area (Å²) in [6.07, 6.45) is 1.94. The molecule has 2 rings (SSSR count). The second-order valence-electron chi connectivity index (χ2n) is 4.65. The summed E-state index contributed by atoms with van der Waals surface area (Å²) in [6.45, 7) is 1.90. The van der Waals surface area contributed by atoms with Crippen LogP contribution in [-0.4, -0.2) is 25.4 Å². The molecule has 0 amide bonds. The Balaban J connectivity index is 2.14. The molecule has 0 atom stereocenters. The number of aliphatic hydroxyl groups excluding tert-OH is 1. The standard InChI is InChI=1S/C14H17NO3S/c1-11-10-12(4-2-3-9-16)5-8-14(11)15-19(17,18)13-6-7-13/h5,8,10,13,15-16H,3,6-7,9H2,1H3. The molecule has 0 saturated heterocycles. The largest absolute Gasteiger partial charge is 0.395 e. The summed E-state index contributed by atoms with van der Waals surface area (Å²) in [4.78, 5) is 0. The normalized spacial score (nSPS) is 14.6. The van der Waals surface area contributed by atoms with Crippen LogP contribution in [0.4, 0.5) is 5.69 Å². The Kier molecular flexibility index (Phi) is 4.13. The summed E-state index contributed by atoms with van der Waals surface area (Å²) in [5, 5.41) is 8.42. The highest BCUT2D eigenvalue weighted by atomic mass is 32.2. The number of anilines is 1. The van der Waals surface area contributed by atoms with Crippen molar-refractivity contribution in [2.45, 2.75) is 31.4 Å². The third-order valence-corrected chi connectivity index (χ3v) is 4.76. The smallest absolute Gasteiger partial charge is 0.235 e. The summed E-state index contributed by atoms with van der Waals surface area (Å²) in [6, 6.07) is 5.36. The van der Waals surface area contributed by atoms with Crippen molar-refractivity contribution < 1.29 is 13.5 Å². The van der Waals surface area contributed by atoms with Gasteiger partial charge in [0, 0.05) is 12.0 Å². The van der Waals surface area contributed by atoms with E-state index in [0.29, 0.717) is 12.1 Å². The molecular formula is C14H17NO3S. The lowest BCUT2D eigenvalue weighted by Gasteiger charge is -2.10. The van der Waals surface area contributed by atoms with E-state index in [1.165, 1.54) is 0 Å². The first-order chi connectivity index (χ1) is 9.03. The Morgan fingerprint density at radius 2 is 2.16 bits per heavy atom. The molecule has 102 valence electrons. The van der Waals surface area contributed by atoms with Crippen molar-refractivity contribution in [1.82, 2.24) is 0 Å². The highest BCUT2D eigenvalue weighted by Gasteiger charge is 2.35. The lowest BCUT2D eigenvalue weighted by molar-refractivity contribution is 0.305. The van der Waals surface area contributed by atoms with Gasteiger partial charge in [-0.3, -0.25) is 4.72 Å². The topological polar surface area (TPSA) is 66.4 Å². The number of hydrogen-bond donors (Lipinski definition) is 2. The maximum Gasteiger partial charge on any atom is 0.235 e. The van der Waals surface area contributed by atoms with Crippen molar-refractivity contribution in [3.63, 3.8) is 0 Å². The van der Waals surface area contributed by atoms with E-state index in [9.17, 15) is 8.42 Å². The second-order valence-corrected chi connectivity index (χ2v) is 6.61. The minimum atomic E-state index is -3.22. The van der Waals surface area contributed by atoms with Gasteiger partial charge < -0.3 is 5.11 Å². The van der Waals surface area contributed by atoms with Crippen LogP contribution in [0.25, 0.3) is 0 Å². The summed E-state index contributed by atoms with van der Waals surface area (Å²) < 4.78 is 26.3. The van der Waals surface area contributed by atoms with Crippen molar-refractivity contribution in [2.24, 2.45) is 0 Å². The van der Waals surface area contributed by atoms with Crippen LogP contribution in [0.3, 0.4) is 0 Å². The molecule has 0 bridgehead atoms. The van der Waals surface area contributed by atoms with E-state index in [1.54, 1.807) is 12.1 Å². The van der Waals surface area contributed by atoms with Gasteiger partial charge in [-0.2, -0.15) is 0 Å². The van der Waals surface area contributed by atoms with Crippen LogP contribution < -0.4 is 4.72 Å². The number of rotatable bonds is 4. The average molecular weight is 279 g/mol. The Morgan fingerprint density at radius 3 is 2.74 bits per heavy atom. The van der Waals surface area contributed by atoms with E-state index in [4.69, 9.17) is 5.11 Å². The third kappa shape index (κ3) is 3.72. The minimum absolute atomic E-state index is 0.0469. The Morgan fingerprint density at radius 1 is 1.42 bits per heavy atom. The fourth-order valence-corrected chi connectivity index (χ4v) is 3.15. The van der Waals surface area contributed by atoms with Crippen molar-refractivity contribution >= 4 is 15.7 Å². The highest BCUT2D eigenvalue weighted by Crippen LogP contribution is 2.30. The van der Waals surface area contributed by atoms with E-state index in [2.05, 4.69) is 16.6 Å². The zero-order chi connectivity index (χ0) is 13.9.